The van der Waals surface area contributed by atoms with E-state index in [0.717, 1.165) is 6.42 Å². The molecule has 0 aliphatic heterocycles. The van der Waals surface area contributed by atoms with Crippen LogP contribution in [0.5, 0.6) is 0 Å². The minimum Gasteiger partial charge on any atom is -0.126 e. The Bertz CT molecular complexity index is 276. The fourth-order valence-electron chi connectivity index (χ4n) is 1.42. The van der Waals surface area contributed by atoms with Crippen molar-refractivity contribution in [1.82, 2.24) is 0 Å². The molecule has 0 atom stereocenters. The smallest absolute Gasteiger partial charge is 0.0264 e. The topological polar surface area (TPSA) is 0 Å². The maximum Gasteiger partial charge on any atom is 0.0264 e. The van der Waals surface area contributed by atoms with E-state index in [1.807, 2.05) is 0 Å². The predicted molar refractivity (Wildman–Crippen MR) is 59.7 cm³/mol. The lowest BCUT2D eigenvalue weighted by Crippen LogP contribution is -1.95. The van der Waals surface area contributed by atoms with E-state index in [2.05, 4.69) is 39.0 Å². The van der Waals surface area contributed by atoms with Gasteiger partial charge in [-0.3, -0.25) is 0 Å². The Morgan fingerprint density at radius 2 is 2.00 bits per heavy atom. The van der Waals surface area contributed by atoms with Gasteiger partial charge in [0.1, 0.15) is 0 Å². The van der Waals surface area contributed by atoms with Crippen molar-refractivity contribution in [3.05, 3.63) is 34.9 Å². The summed E-state index contributed by atoms with van der Waals surface area (Å²) in [6.45, 7) is 6.58. The number of hydrogen-bond donors (Lipinski definition) is 0. The van der Waals surface area contributed by atoms with E-state index in [0.29, 0.717) is 11.8 Å². The van der Waals surface area contributed by atoms with E-state index < -0.39 is 0 Å². The summed E-state index contributed by atoms with van der Waals surface area (Å²) in [4.78, 5) is 0. The molecule has 13 heavy (non-hydrogen) atoms. The fraction of sp³-hybridized carbons (Fsp3) is 0.500. The summed E-state index contributed by atoms with van der Waals surface area (Å²) in [5.41, 5.74) is 4.15. The highest BCUT2D eigenvalue weighted by Crippen LogP contribution is 2.19. The highest BCUT2D eigenvalue weighted by molar-refractivity contribution is 6.18. The van der Waals surface area contributed by atoms with E-state index in [1.54, 1.807) is 0 Å². The Labute approximate surface area is 85.9 Å². The van der Waals surface area contributed by atoms with Crippen LogP contribution in [0, 0.1) is 6.92 Å². The first kappa shape index (κ1) is 10.6. The van der Waals surface area contributed by atoms with Crippen molar-refractivity contribution in [2.24, 2.45) is 0 Å². The van der Waals surface area contributed by atoms with Gasteiger partial charge in [-0.05, 0) is 36.0 Å². The van der Waals surface area contributed by atoms with E-state index >= 15 is 0 Å². The van der Waals surface area contributed by atoms with Gasteiger partial charge in [0, 0.05) is 5.88 Å². The van der Waals surface area contributed by atoms with Gasteiger partial charge in [0.2, 0.25) is 0 Å². The normalized spacial score (nSPS) is 10.8. The van der Waals surface area contributed by atoms with Gasteiger partial charge in [-0.25, -0.2) is 0 Å². The maximum absolute atomic E-state index is 5.74. The molecule has 0 aliphatic rings. The average Bonchev–Trinajstić information content (AvgIpc) is 2.08. The quantitative estimate of drug-likeness (QED) is 0.644. The van der Waals surface area contributed by atoms with Gasteiger partial charge < -0.3 is 0 Å². The molecule has 0 fully saturated rings. The van der Waals surface area contributed by atoms with Crippen molar-refractivity contribution in [3.8, 4) is 0 Å². The van der Waals surface area contributed by atoms with Crippen molar-refractivity contribution in [2.75, 3.05) is 5.88 Å². The maximum atomic E-state index is 5.74. The lowest BCUT2D eigenvalue weighted by Gasteiger charge is -2.10. The molecule has 0 aliphatic carbocycles. The largest absolute Gasteiger partial charge is 0.126 e. The van der Waals surface area contributed by atoms with Gasteiger partial charge in [-0.15, -0.1) is 11.6 Å². The molecule has 0 amide bonds. The highest BCUT2D eigenvalue weighted by atomic mass is 35.5. The molecule has 1 aromatic carbocycles. The monoisotopic (exact) mass is 196 g/mol. The Balaban J connectivity index is 2.97. The Morgan fingerprint density at radius 3 is 2.54 bits per heavy atom. The Kier molecular flexibility index (Phi) is 3.80. The van der Waals surface area contributed by atoms with Crippen LogP contribution in [0.3, 0.4) is 0 Å². The zero-order valence-electron chi connectivity index (χ0n) is 8.60. The van der Waals surface area contributed by atoms with Gasteiger partial charge in [-0.1, -0.05) is 32.0 Å². The number of rotatable bonds is 3. The number of hydrogen-bond acceptors (Lipinski definition) is 0. The van der Waals surface area contributed by atoms with Crippen molar-refractivity contribution in [1.29, 1.82) is 0 Å². The van der Waals surface area contributed by atoms with Crippen LogP contribution in [-0.4, -0.2) is 5.88 Å². The summed E-state index contributed by atoms with van der Waals surface area (Å²) in [5.74, 6) is 1.32. The van der Waals surface area contributed by atoms with E-state index in [-0.39, 0.29) is 0 Å². The van der Waals surface area contributed by atoms with Gasteiger partial charge in [-0.2, -0.15) is 0 Å². The second kappa shape index (κ2) is 4.66. The second-order valence-corrected chi connectivity index (χ2v) is 4.16. The lowest BCUT2D eigenvalue weighted by atomic mass is 9.97. The molecule has 1 rings (SSSR count). The van der Waals surface area contributed by atoms with Gasteiger partial charge in [0.15, 0.2) is 0 Å². The molecule has 0 bridgehead atoms. The standard InChI is InChI=1S/C12H17Cl/c1-9(2)11-5-4-10(3)12(8-11)6-7-13/h4-5,8-9H,6-7H2,1-3H3. The van der Waals surface area contributed by atoms with Crippen LogP contribution in [0.15, 0.2) is 18.2 Å². The van der Waals surface area contributed by atoms with Crippen LogP contribution in [-0.2, 0) is 6.42 Å². The Morgan fingerprint density at radius 1 is 1.31 bits per heavy atom. The van der Waals surface area contributed by atoms with E-state index in [9.17, 15) is 0 Å². The van der Waals surface area contributed by atoms with Crippen molar-refractivity contribution in [2.45, 2.75) is 33.1 Å². The summed E-state index contributed by atoms with van der Waals surface area (Å²) in [7, 11) is 0. The average molecular weight is 197 g/mol. The van der Waals surface area contributed by atoms with E-state index in [1.165, 1.54) is 16.7 Å². The molecule has 0 heterocycles. The fourth-order valence-corrected chi connectivity index (χ4v) is 1.63. The first-order valence-corrected chi connectivity index (χ1v) is 5.34. The molecule has 0 unspecified atom stereocenters. The molecule has 0 saturated carbocycles. The number of alkyl halides is 1. The molecular weight excluding hydrogens is 180 g/mol. The summed E-state index contributed by atoms with van der Waals surface area (Å²) in [6, 6.07) is 6.68. The van der Waals surface area contributed by atoms with Crippen LogP contribution in [0.25, 0.3) is 0 Å². The van der Waals surface area contributed by atoms with Gasteiger partial charge in [0.25, 0.3) is 0 Å². The zero-order chi connectivity index (χ0) is 9.84. The first-order valence-electron chi connectivity index (χ1n) is 4.80. The predicted octanol–water partition coefficient (Wildman–Crippen LogP) is 3.90. The minimum atomic E-state index is 0.606. The molecule has 0 radical (unpaired) electrons. The number of benzene rings is 1. The third-order valence-electron chi connectivity index (χ3n) is 2.40. The van der Waals surface area contributed by atoms with Gasteiger partial charge >= 0.3 is 0 Å². The number of aryl methyl sites for hydroxylation is 2. The Hall–Kier alpha value is -0.490. The van der Waals surface area contributed by atoms with Crippen molar-refractivity contribution < 1.29 is 0 Å². The van der Waals surface area contributed by atoms with Crippen molar-refractivity contribution >= 4 is 11.6 Å². The SMILES string of the molecule is Cc1ccc(C(C)C)cc1CCCl. The second-order valence-electron chi connectivity index (χ2n) is 3.78. The van der Waals surface area contributed by atoms with Crippen LogP contribution >= 0.6 is 11.6 Å². The molecule has 0 N–H and O–H groups in total. The molecule has 0 saturated heterocycles. The molecular formula is C12H17Cl. The molecule has 1 aromatic rings. The molecule has 72 valence electrons. The molecule has 0 nitrogen and oxygen atoms in total. The summed E-state index contributed by atoms with van der Waals surface area (Å²) < 4.78 is 0. The van der Waals surface area contributed by atoms with Gasteiger partial charge in [0.05, 0.1) is 0 Å². The third-order valence-corrected chi connectivity index (χ3v) is 2.59. The molecule has 0 spiro atoms. The lowest BCUT2D eigenvalue weighted by molar-refractivity contribution is 0.861. The zero-order valence-corrected chi connectivity index (χ0v) is 9.36. The number of halogens is 1. The summed E-state index contributed by atoms with van der Waals surface area (Å²) in [5, 5.41) is 0. The highest BCUT2D eigenvalue weighted by Gasteiger charge is 2.02. The van der Waals surface area contributed by atoms with E-state index in [4.69, 9.17) is 11.6 Å². The first-order chi connectivity index (χ1) is 6.15. The minimum absolute atomic E-state index is 0.606. The molecule has 1 heteroatoms. The summed E-state index contributed by atoms with van der Waals surface area (Å²) in [6.07, 6.45) is 0.980. The van der Waals surface area contributed by atoms with Crippen molar-refractivity contribution in [3.63, 3.8) is 0 Å². The third kappa shape index (κ3) is 2.73. The summed E-state index contributed by atoms with van der Waals surface area (Å²) >= 11 is 5.74. The van der Waals surface area contributed by atoms with Crippen LogP contribution in [0.4, 0.5) is 0 Å². The molecule has 0 aromatic heterocycles. The van der Waals surface area contributed by atoms with Crippen LogP contribution < -0.4 is 0 Å². The van der Waals surface area contributed by atoms with Crippen LogP contribution in [0.1, 0.15) is 36.5 Å². The van der Waals surface area contributed by atoms with Crippen LogP contribution in [0.2, 0.25) is 0 Å².